The van der Waals surface area contributed by atoms with Gasteiger partial charge in [-0.1, -0.05) is 35.9 Å². The first-order valence-corrected chi connectivity index (χ1v) is 7.87. The molecule has 132 valence electrons. The number of methoxy groups -OCH3 is 2. The van der Waals surface area contributed by atoms with Crippen LogP contribution in [0.2, 0.25) is 5.02 Å². The molecule has 0 aliphatic carbocycles. The van der Waals surface area contributed by atoms with Gasteiger partial charge >= 0.3 is 0 Å². The fourth-order valence-corrected chi connectivity index (χ4v) is 2.62. The minimum Gasteiger partial charge on any atom is -0.493 e. The first-order valence-electron chi connectivity index (χ1n) is 7.49. The summed E-state index contributed by atoms with van der Waals surface area (Å²) in [5.41, 5.74) is 1.88. The van der Waals surface area contributed by atoms with Crippen LogP contribution in [0.3, 0.4) is 0 Å². The molecule has 0 radical (unpaired) electrons. The molecule has 4 nitrogen and oxygen atoms in total. The van der Waals surface area contributed by atoms with Crippen LogP contribution in [-0.4, -0.2) is 32.4 Å². The lowest BCUT2D eigenvalue weighted by atomic mass is 10.1. The fourth-order valence-electron chi connectivity index (χ4n) is 2.36. The molecule has 24 heavy (non-hydrogen) atoms. The third-order valence-electron chi connectivity index (χ3n) is 3.64. The van der Waals surface area contributed by atoms with E-state index in [0.717, 1.165) is 35.6 Å². The van der Waals surface area contributed by atoms with Crippen molar-refractivity contribution in [3.8, 4) is 11.5 Å². The van der Waals surface area contributed by atoms with Crippen molar-refractivity contribution in [3.05, 3.63) is 58.6 Å². The number of ether oxygens (including phenoxy) is 2. The van der Waals surface area contributed by atoms with Gasteiger partial charge in [-0.15, -0.1) is 12.4 Å². The van der Waals surface area contributed by atoms with Crippen molar-refractivity contribution < 1.29 is 14.6 Å². The highest BCUT2D eigenvalue weighted by Gasteiger charge is 2.10. The van der Waals surface area contributed by atoms with Gasteiger partial charge in [0.15, 0.2) is 11.5 Å². The van der Waals surface area contributed by atoms with E-state index in [2.05, 4.69) is 5.32 Å². The summed E-state index contributed by atoms with van der Waals surface area (Å²) in [6.07, 6.45) is 0.212. The molecule has 0 heterocycles. The number of aliphatic hydroxyl groups is 1. The van der Waals surface area contributed by atoms with Crippen LogP contribution in [0, 0.1) is 0 Å². The van der Waals surface area contributed by atoms with E-state index in [1.807, 2.05) is 36.4 Å². The molecule has 0 amide bonds. The summed E-state index contributed by atoms with van der Waals surface area (Å²) in [6, 6.07) is 13.2. The molecule has 0 aliphatic heterocycles. The topological polar surface area (TPSA) is 50.7 Å². The van der Waals surface area contributed by atoms with E-state index < -0.39 is 6.10 Å². The van der Waals surface area contributed by atoms with Gasteiger partial charge in [0.1, 0.15) is 0 Å². The molecule has 0 aliphatic rings. The van der Waals surface area contributed by atoms with Crippen molar-refractivity contribution in [3.63, 3.8) is 0 Å². The highest BCUT2D eigenvalue weighted by atomic mass is 35.5. The van der Waals surface area contributed by atoms with E-state index in [9.17, 15) is 5.11 Å². The Morgan fingerprint density at radius 2 is 1.79 bits per heavy atom. The monoisotopic (exact) mass is 371 g/mol. The lowest BCUT2D eigenvalue weighted by molar-refractivity contribution is 0.175. The molecule has 2 rings (SSSR count). The van der Waals surface area contributed by atoms with Gasteiger partial charge in [0.2, 0.25) is 0 Å². The minimum atomic E-state index is -0.617. The van der Waals surface area contributed by atoms with Gasteiger partial charge in [0, 0.05) is 17.1 Å². The number of hydrogen-bond donors (Lipinski definition) is 2. The molecule has 0 saturated carbocycles. The smallest absolute Gasteiger partial charge is 0.160 e. The van der Waals surface area contributed by atoms with E-state index in [0.29, 0.717) is 11.6 Å². The van der Waals surface area contributed by atoms with Crippen LogP contribution in [0.15, 0.2) is 42.5 Å². The van der Waals surface area contributed by atoms with Gasteiger partial charge in [-0.25, -0.2) is 0 Å². The molecule has 0 spiro atoms. The number of hydrogen-bond acceptors (Lipinski definition) is 4. The highest BCUT2D eigenvalue weighted by molar-refractivity contribution is 6.31. The van der Waals surface area contributed by atoms with Crippen LogP contribution in [0.25, 0.3) is 0 Å². The van der Waals surface area contributed by atoms with Gasteiger partial charge in [-0.05, 0) is 36.7 Å². The lowest BCUT2D eigenvalue weighted by Gasteiger charge is -2.14. The van der Waals surface area contributed by atoms with Crippen molar-refractivity contribution in [2.45, 2.75) is 12.5 Å². The second-order valence-corrected chi connectivity index (χ2v) is 5.59. The average Bonchev–Trinajstić information content (AvgIpc) is 2.58. The Balaban J connectivity index is 0.00000288. The molecule has 6 heteroatoms. The zero-order chi connectivity index (χ0) is 16.7. The largest absolute Gasteiger partial charge is 0.493 e. The second-order valence-electron chi connectivity index (χ2n) is 5.18. The van der Waals surface area contributed by atoms with Crippen LogP contribution in [0.5, 0.6) is 11.5 Å². The normalized spacial score (nSPS) is 11.5. The van der Waals surface area contributed by atoms with Crippen molar-refractivity contribution in [1.29, 1.82) is 0 Å². The van der Waals surface area contributed by atoms with E-state index in [4.69, 9.17) is 21.1 Å². The number of halogens is 2. The molecule has 2 N–H and O–H groups in total. The first kappa shape index (κ1) is 20.6. The minimum absolute atomic E-state index is 0. The van der Waals surface area contributed by atoms with Gasteiger partial charge < -0.3 is 19.9 Å². The predicted molar refractivity (Wildman–Crippen MR) is 99.8 cm³/mol. The van der Waals surface area contributed by atoms with Gasteiger partial charge in [0.25, 0.3) is 0 Å². The van der Waals surface area contributed by atoms with Gasteiger partial charge in [-0.2, -0.15) is 0 Å². The third kappa shape index (κ3) is 5.56. The maximum absolute atomic E-state index is 10.2. The summed E-state index contributed by atoms with van der Waals surface area (Å²) in [5, 5.41) is 14.0. The molecule has 2 aromatic rings. The summed E-state index contributed by atoms with van der Waals surface area (Å²) in [4.78, 5) is 0. The van der Waals surface area contributed by atoms with E-state index >= 15 is 0 Å². The molecule has 0 aromatic heterocycles. The zero-order valence-corrected chi connectivity index (χ0v) is 15.4. The van der Waals surface area contributed by atoms with Crippen LogP contribution < -0.4 is 14.8 Å². The van der Waals surface area contributed by atoms with E-state index in [1.165, 1.54) is 0 Å². The van der Waals surface area contributed by atoms with Gasteiger partial charge in [-0.3, -0.25) is 0 Å². The van der Waals surface area contributed by atoms with Crippen LogP contribution in [-0.2, 0) is 6.42 Å². The maximum Gasteiger partial charge on any atom is 0.160 e. The Kier molecular flexibility index (Phi) is 8.93. The molecule has 2 aromatic carbocycles. The third-order valence-corrected chi connectivity index (χ3v) is 3.98. The van der Waals surface area contributed by atoms with Crippen LogP contribution in [0.1, 0.15) is 17.2 Å². The fraction of sp³-hybridized carbons (Fsp3) is 0.333. The SMILES string of the molecule is COc1ccc(CCNCC(O)c2ccccc2Cl)cc1OC.Cl. The molecule has 0 saturated heterocycles. The van der Waals surface area contributed by atoms with Gasteiger partial charge in [0.05, 0.1) is 20.3 Å². The number of aliphatic hydroxyl groups excluding tert-OH is 1. The molecule has 0 fully saturated rings. The Labute approximate surface area is 154 Å². The quantitative estimate of drug-likeness (QED) is 0.695. The summed E-state index contributed by atoms with van der Waals surface area (Å²) >= 11 is 6.08. The van der Waals surface area contributed by atoms with E-state index in [-0.39, 0.29) is 12.4 Å². The molecule has 1 atom stereocenters. The van der Waals surface area contributed by atoms with Crippen molar-refractivity contribution in [2.75, 3.05) is 27.3 Å². The number of nitrogens with one attached hydrogen (secondary N) is 1. The molecular formula is C18H23Cl2NO3. The summed E-state index contributed by atoms with van der Waals surface area (Å²) < 4.78 is 10.5. The standard InChI is InChI=1S/C18H22ClNO3.ClH/c1-22-17-8-7-13(11-18(17)23-2)9-10-20-12-16(21)14-5-3-4-6-15(14)19;/h3-8,11,16,20-21H,9-10,12H2,1-2H3;1H. The van der Waals surface area contributed by atoms with Crippen LogP contribution in [0.4, 0.5) is 0 Å². The zero-order valence-electron chi connectivity index (χ0n) is 13.8. The molecule has 0 bridgehead atoms. The Morgan fingerprint density at radius 3 is 2.46 bits per heavy atom. The second kappa shape index (κ2) is 10.4. The van der Waals surface area contributed by atoms with Crippen molar-refractivity contribution in [1.82, 2.24) is 5.32 Å². The van der Waals surface area contributed by atoms with Crippen molar-refractivity contribution in [2.24, 2.45) is 0 Å². The maximum atomic E-state index is 10.2. The summed E-state index contributed by atoms with van der Waals surface area (Å²) in [7, 11) is 3.25. The summed E-state index contributed by atoms with van der Waals surface area (Å²) in [6.45, 7) is 1.20. The average molecular weight is 372 g/mol. The van der Waals surface area contributed by atoms with E-state index in [1.54, 1.807) is 20.3 Å². The Bertz CT molecular complexity index is 637. The van der Waals surface area contributed by atoms with Crippen molar-refractivity contribution >= 4 is 24.0 Å². The first-order chi connectivity index (χ1) is 11.2. The number of rotatable bonds is 8. The molecule has 1 unspecified atom stereocenters. The lowest BCUT2D eigenvalue weighted by Crippen LogP contribution is -2.24. The Morgan fingerprint density at radius 1 is 1.08 bits per heavy atom. The number of benzene rings is 2. The Hall–Kier alpha value is -1.46. The predicted octanol–water partition coefficient (Wildman–Crippen LogP) is 3.64. The highest BCUT2D eigenvalue weighted by Crippen LogP contribution is 2.27. The summed E-state index contributed by atoms with van der Waals surface area (Å²) in [5.74, 6) is 1.44. The van der Waals surface area contributed by atoms with Crippen LogP contribution >= 0.6 is 24.0 Å². The molecular weight excluding hydrogens is 349 g/mol.